The molecule has 0 aromatic heterocycles. The first kappa shape index (κ1) is 16.5. The maximum absolute atomic E-state index is 13.2. The Balaban J connectivity index is 1.80. The number of aliphatic carboxylic acids is 1. The molecule has 1 aromatic carbocycles. The van der Waals surface area contributed by atoms with Gasteiger partial charge in [0.15, 0.2) is 0 Å². The van der Waals surface area contributed by atoms with Gasteiger partial charge in [-0.15, -0.1) is 0 Å². The first-order valence-corrected chi connectivity index (χ1v) is 7.73. The van der Waals surface area contributed by atoms with E-state index in [-0.39, 0.29) is 29.6 Å². The van der Waals surface area contributed by atoms with E-state index in [9.17, 15) is 14.0 Å². The van der Waals surface area contributed by atoms with E-state index in [4.69, 9.17) is 5.11 Å². The predicted octanol–water partition coefficient (Wildman–Crippen LogP) is 3.08. The third-order valence-electron chi connectivity index (χ3n) is 4.35. The fraction of sp³-hybridized carbons (Fsp3) is 0.529. The van der Waals surface area contributed by atoms with Gasteiger partial charge in [-0.25, -0.2) is 4.39 Å². The number of carbonyl (C=O) groups is 2. The van der Waals surface area contributed by atoms with Gasteiger partial charge in [0.1, 0.15) is 5.82 Å². The van der Waals surface area contributed by atoms with Gasteiger partial charge in [0.2, 0.25) is 5.91 Å². The first-order chi connectivity index (χ1) is 10.5. The van der Waals surface area contributed by atoms with Gasteiger partial charge >= 0.3 is 5.97 Å². The van der Waals surface area contributed by atoms with Gasteiger partial charge in [-0.2, -0.15) is 0 Å². The fourth-order valence-corrected chi connectivity index (χ4v) is 2.98. The maximum atomic E-state index is 13.2. The summed E-state index contributed by atoms with van der Waals surface area (Å²) in [4.78, 5) is 23.0. The number of carboxylic acid groups (broad SMARTS) is 1. The molecule has 1 atom stereocenters. The molecule has 0 radical (unpaired) electrons. The second-order valence-electron chi connectivity index (χ2n) is 6.11. The number of carbonyl (C=O) groups excluding carboxylic acids is 1. The van der Waals surface area contributed by atoms with Crippen LogP contribution < -0.4 is 5.32 Å². The van der Waals surface area contributed by atoms with Gasteiger partial charge in [-0.05, 0) is 49.3 Å². The van der Waals surface area contributed by atoms with E-state index in [2.05, 4.69) is 5.32 Å². The topological polar surface area (TPSA) is 66.4 Å². The molecule has 0 heterocycles. The van der Waals surface area contributed by atoms with Crippen molar-refractivity contribution in [1.29, 1.82) is 0 Å². The van der Waals surface area contributed by atoms with Crippen LogP contribution >= 0.6 is 0 Å². The van der Waals surface area contributed by atoms with E-state index in [0.29, 0.717) is 32.1 Å². The smallest absolute Gasteiger partial charge is 0.306 e. The highest BCUT2D eigenvalue weighted by molar-refractivity contribution is 5.77. The van der Waals surface area contributed by atoms with Gasteiger partial charge in [0.05, 0.1) is 5.92 Å². The number of amides is 1. The van der Waals surface area contributed by atoms with Crippen LogP contribution in [0.15, 0.2) is 24.3 Å². The summed E-state index contributed by atoms with van der Waals surface area (Å²) in [6, 6.07) is 6.36. The van der Waals surface area contributed by atoms with Crippen LogP contribution in [0.3, 0.4) is 0 Å². The van der Waals surface area contributed by atoms with Crippen LogP contribution in [0.5, 0.6) is 0 Å². The molecule has 1 aliphatic carbocycles. The second-order valence-corrected chi connectivity index (χ2v) is 6.11. The van der Waals surface area contributed by atoms with Crippen LogP contribution in [0, 0.1) is 11.7 Å². The zero-order valence-corrected chi connectivity index (χ0v) is 12.7. The van der Waals surface area contributed by atoms with E-state index in [0.717, 1.165) is 5.56 Å². The average molecular weight is 307 g/mol. The third-order valence-corrected chi connectivity index (χ3v) is 4.35. The Morgan fingerprint density at radius 1 is 1.32 bits per heavy atom. The Kier molecular flexibility index (Phi) is 5.52. The molecule has 0 bridgehead atoms. The summed E-state index contributed by atoms with van der Waals surface area (Å²) in [5.41, 5.74) is 0.810. The van der Waals surface area contributed by atoms with E-state index >= 15 is 0 Å². The van der Waals surface area contributed by atoms with Gasteiger partial charge in [0.25, 0.3) is 0 Å². The number of rotatable bonds is 5. The van der Waals surface area contributed by atoms with Crippen molar-refractivity contribution in [2.75, 3.05) is 0 Å². The third kappa shape index (κ3) is 4.55. The molecule has 120 valence electrons. The second kappa shape index (κ2) is 7.38. The van der Waals surface area contributed by atoms with Crippen LogP contribution in [0.1, 0.15) is 50.5 Å². The fourth-order valence-electron chi connectivity index (χ4n) is 2.98. The number of hydrogen-bond donors (Lipinski definition) is 2. The number of carboxylic acids is 1. The van der Waals surface area contributed by atoms with Crippen molar-refractivity contribution in [2.45, 2.75) is 51.0 Å². The van der Waals surface area contributed by atoms with Crippen LogP contribution in [-0.2, 0) is 9.59 Å². The van der Waals surface area contributed by atoms with E-state index in [1.165, 1.54) is 12.1 Å². The molecule has 5 heteroatoms. The first-order valence-electron chi connectivity index (χ1n) is 7.73. The summed E-state index contributed by atoms with van der Waals surface area (Å²) in [6.45, 7) is 1.90. The molecule has 1 aromatic rings. The van der Waals surface area contributed by atoms with Crippen LogP contribution in [0.25, 0.3) is 0 Å². The molecule has 1 aliphatic rings. The Morgan fingerprint density at radius 3 is 2.59 bits per heavy atom. The summed E-state index contributed by atoms with van der Waals surface area (Å²) >= 11 is 0. The molecule has 1 saturated carbocycles. The van der Waals surface area contributed by atoms with Crippen molar-refractivity contribution >= 4 is 11.9 Å². The molecule has 0 spiro atoms. The summed E-state index contributed by atoms with van der Waals surface area (Å²) in [5.74, 6) is -1.43. The molecule has 1 unspecified atom stereocenters. The van der Waals surface area contributed by atoms with Crippen molar-refractivity contribution in [3.05, 3.63) is 35.6 Å². The Bertz CT molecular complexity index is 538. The number of nitrogens with one attached hydrogen (secondary N) is 1. The lowest BCUT2D eigenvalue weighted by Gasteiger charge is -2.27. The normalized spacial score (nSPS) is 22.8. The van der Waals surface area contributed by atoms with Gasteiger partial charge in [-0.1, -0.05) is 19.1 Å². The summed E-state index contributed by atoms with van der Waals surface area (Å²) in [6.07, 6.45) is 2.94. The van der Waals surface area contributed by atoms with Crippen LogP contribution in [0.2, 0.25) is 0 Å². The van der Waals surface area contributed by atoms with Crippen molar-refractivity contribution < 1.29 is 19.1 Å². The Labute approximate surface area is 129 Å². The minimum absolute atomic E-state index is 0.0499. The molecule has 1 fully saturated rings. The molecule has 4 nitrogen and oxygen atoms in total. The van der Waals surface area contributed by atoms with E-state index < -0.39 is 5.97 Å². The Morgan fingerprint density at radius 2 is 2.00 bits per heavy atom. The summed E-state index contributed by atoms with van der Waals surface area (Å²) in [7, 11) is 0. The quantitative estimate of drug-likeness (QED) is 0.878. The predicted molar refractivity (Wildman–Crippen MR) is 81.0 cm³/mol. The molecular weight excluding hydrogens is 285 g/mol. The lowest BCUT2D eigenvalue weighted by atomic mass is 9.86. The minimum Gasteiger partial charge on any atom is -0.481 e. The average Bonchev–Trinajstić information content (AvgIpc) is 2.47. The highest BCUT2D eigenvalue weighted by Crippen LogP contribution is 2.25. The zero-order valence-electron chi connectivity index (χ0n) is 12.7. The lowest BCUT2D eigenvalue weighted by molar-refractivity contribution is -0.142. The number of benzene rings is 1. The standard InChI is InChI=1S/C17H22FNO3/c1-11(13-3-2-4-14(18)10-13)9-16(20)19-15-7-5-12(6-8-15)17(21)22/h2-4,10-12,15H,5-9H2,1H3,(H,19,20)(H,21,22). The van der Waals surface area contributed by atoms with E-state index in [1.807, 2.05) is 13.0 Å². The van der Waals surface area contributed by atoms with Gasteiger partial charge < -0.3 is 10.4 Å². The zero-order chi connectivity index (χ0) is 16.1. The van der Waals surface area contributed by atoms with Crippen molar-refractivity contribution in [3.63, 3.8) is 0 Å². The monoisotopic (exact) mass is 307 g/mol. The van der Waals surface area contributed by atoms with Crippen molar-refractivity contribution in [3.8, 4) is 0 Å². The van der Waals surface area contributed by atoms with Crippen LogP contribution in [0.4, 0.5) is 4.39 Å². The van der Waals surface area contributed by atoms with Crippen molar-refractivity contribution in [1.82, 2.24) is 5.32 Å². The highest BCUT2D eigenvalue weighted by atomic mass is 19.1. The lowest BCUT2D eigenvalue weighted by Crippen LogP contribution is -2.39. The summed E-state index contributed by atoms with van der Waals surface area (Å²) in [5, 5.41) is 11.9. The number of halogens is 1. The van der Waals surface area contributed by atoms with Crippen LogP contribution in [-0.4, -0.2) is 23.0 Å². The Hall–Kier alpha value is -1.91. The highest BCUT2D eigenvalue weighted by Gasteiger charge is 2.26. The molecule has 0 saturated heterocycles. The SMILES string of the molecule is CC(CC(=O)NC1CCC(C(=O)O)CC1)c1cccc(F)c1. The molecule has 1 amide bonds. The number of hydrogen-bond acceptors (Lipinski definition) is 2. The molecule has 0 aliphatic heterocycles. The molecular formula is C17H22FNO3. The van der Waals surface area contributed by atoms with Gasteiger partial charge in [0, 0.05) is 12.5 Å². The van der Waals surface area contributed by atoms with E-state index in [1.54, 1.807) is 6.07 Å². The van der Waals surface area contributed by atoms with Crippen molar-refractivity contribution in [2.24, 2.45) is 5.92 Å². The van der Waals surface area contributed by atoms with Gasteiger partial charge in [-0.3, -0.25) is 9.59 Å². The molecule has 2 N–H and O–H groups in total. The molecule has 22 heavy (non-hydrogen) atoms. The molecule has 2 rings (SSSR count). The minimum atomic E-state index is -0.746. The largest absolute Gasteiger partial charge is 0.481 e. The summed E-state index contributed by atoms with van der Waals surface area (Å²) < 4.78 is 13.2. The maximum Gasteiger partial charge on any atom is 0.306 e.